The molecule has 0 saturated heterocycles. The maximum atomic E-state index is 12.6. The van der Waals surface area contributed by atoms with Gasteiger partial charge in [-0.15, -0.1) is 0 Å². The van der Waals surface area contributed by atoms with Crippen molar-refractivity contribution in [2.45, 2.75) is 194 Å². The van der Waals surface area contributed by atoms with Crippen molar-refractivity contribution in [1.29, 1.82) is 0 Å². The van der Waals surface area contributed by atoms with E-state index in [1.807, 2.05) is 0 Å². The summed E-state index contributed by atoms with van der Waals surface area (Å²) in [5.41, 5.74) is 0. The van der Waals surface area contributed by atoms with Crippen molar-refractivity contribution in [3.05, 3.63) is 85.1 Å². The molecule has 0 aliphatic carbocycles. The van der Waals surface area contributed by atoms with Crippen LogP contribution >= 0.6 is 0 Å². The van der Waals surface area contributed by atoms with E-state index in [9.17, 15) is 14.4 Å². The third-order valence-electron chi connectivity index (χ3n) is 8.86. The van der Waals surface area contributed by atoms with Gasteiger partial charge in [-0.2, -0.15) is 0 Å². The van der Waals surface area contributed by atoms with Crippen molar-refractivity contribution in [3.8, 4) is 0 Å². The molecule has 0 rings (SSSR count). The van der Waals surface area contributed by atoms with Crippen molar-refractivity contribution in [2.24, 2.45) is 0 Å². The second-order valence-electron chi connectivity index (χ2n) is 14.2. The highest BCUT2D eigenvalue weighted by Gasteiger charge is 2.19. The molecule has 0 amide bonds. The van der Waals surface area contributed by atoms with Gasteiger partial charge in [0, 0.05) is 19.3 Å². The zero-order valence-electron chi connectivity index (χ0n) is 35.4. The van der Waals surface area contributed by atoms with E-state index in [1.54, 1.807) is 0 Å². The fraction of sp³-hybridized carbons (Fsp3) is 0.653. The van der Waals surface area contributed by atoms with Gasteiger partial charge < -0.3 is 14.2 Å². The lowest BCUT2D eigenvalue weighted by Crippen LogP contribution is -2.30. The van der Waals surface area contributed by atoms with Gasteiger partial charge in [-0.05, 0) is 103 Å². The molecule has 0 aromatic heterocycles. The number of allylic oxidation sites excluding steroid dienone is 14. The average Bonchev–Trinajstić information content (AvgIpc) is 3.18. The topological polar surface area (TPSA) is 78.9 Å². The average molecular weight is 765 g/mol. The Bertz CT molecular complexity index is 1110. The number of unbranched alkanes of at least 4 members (excludes halogenated alkanes) is 13. The smallest absolute Gasteiger partial charge is 0.306 e. The molecule has 0 N–H and O–H groups in total. The molecule has 0 saturated carbocycles. The molecular formula is C49H80O6. The van der Waals surface area contributed by atoms with Gasteiger partial charge >= 0.3 is 17.9 Å². The van der Waals surface area contributed by atoms with Gasteiger partial charge in [0.1, 0.15) is 13.2 Å². The lowest BCUT2D eigenvalue weighted by Gasteiger charge is -2.18. The molecule has 0 bridgehead atoms. The predicted molar refractivity (Wildman–Crippen MR) is 233 cm³/mol. The molecule has 0 aliphatic rings. The fourth-order valence-electron chi connectivity index (χ4n) is 5.59. The van der Waals surface area contributed by atoms with Crippen LogP contribution in [0.25, 0.3) is 0 Å². The van der Waals surface area contributed by atoms with E-state index in [4.69, 9.17) is 14.2 Å². The molecule has 55 heavy (non-hydrogen) atoms. The highest BCUT2D eigenvalue weighted by molar-refractivity contribution is 5.71. The summed E-state index contributed by atoms with van der Waals surface area (Å²) in [6, 6.07) is 0. The molecule has 0 aromatic carbocycles. The molecule has 1 atom stereocenters. The maximum Gasteiger partial charge on any atom is 0.306 e. The number of ether oxygens (including phenoxy) is 3. The van der Waals surface area contributed by atoms with Crippen LogP contribution in [-0.4, -0.2) is 37.2 Å². The van der Waals surface area contributed by atoms with Crippen molar-refractivity contribution in [2.75, 3.05) is 13.2 Å². The molecule has 0 aliphatic heterocycles. The van der Waals surface area contributed by atoms with Crippen molar-refractivity contribution in [1.82, 2.24) is 0 Å². The van der Waals surface area contributed by atoms with Crippen LogP contribution in [0.2, 0.25) is 0 Å². The summed E-state index contributed by atoms with van der Waals surface area (Å²) in [4.78, 5) is 37.6. The fourth-order valence-corrected chi connectivity index (χ4v) is 5.59. The van der Waals surface area contributed by atoms with Gasteiger partial charge in [0.05, 0.1) is 0 Å². The molecule has 0 heterocycles. The Kier molecular flexibility index (Phi) is 40.6. The minimum Gasteiger partial charge on any atom is -0.462 e. The maximum absolute atomic E-state index is 12.6. The lowest BCUT2D eigenvalue weighted by atomic mass is 10.1. The highest BCUT2D eigenvalue weighted by atomic mass is 16.6. The number of esters is 3. The molecule has 0 spiro atoms. The first kappa shape index (κ1) is 51.6. The van der Waals surface area contributed by atoms with Gasteiger partial charge in [-0.25, -0.2) is 0 Å². The summed E-state index contributed by atoms with van der Waals surface area (Å²) in [6.45, 7) is 6.25. The molecule has 0 fully saturated rings. The van der Waals surface area contributed by atoms with E-state index in [0.29, 0.717) is 19.3 Å². The van der Waals surface area contributed by atoms with Crippen molar-refractivity contribution >= 4 is 17.9 Å². The van der Waals surface area contributed by atoms with Crippen molar-refractivity contribution < 1.29 is 28.6 Å². The Balaban J connectivity index is 4.43. The second kappa shape index (κ2) is 43.3. The Morgan fingerprint density at radius 2 is 0.727 bits per heavy atom. The first-order chi connectivity index (χ1) is 27.0. The summed E-state index contributed by atoms with van der Waals surface area (Å²) in [5.74, 6) is -1.02. The van der Waals surface area contributed by atoms with E-state index < -0.39 is 6.10 Å². The largest absolute Gasteiger partial charge is 0.462 e. The van der Waals surface area contributed by atoms with Crippen LogP contribution in [0.1, 0.15) is 188 Å². The third kappa shape index (κ3) is 41.6. The Morgan fingerprint density at radius 3 is 1.20 bits per heavy atom. The summed E-state index contributed by atoms with van der Waals surface area (Å²) < 4.78 is 16.6. The van der Waals surface area contributed by atoms with E-state index in [2.05, 4.69) is 106 Å². The molecule has 0 radical (unpaired) electrons. The number of carbonyl (C=O) groups is 3. The SMILES string of the molecule is CC/C=C\C/C=C\C/C=C\CCCC(=O)OC(COC(=O)CCCC/C=C\C/C=C\CC)COC(=O)CCCCCCCCC/C=C\C/C=C\CCCCC. The highest BCUT2D eigenvalue weighted by Crippen LogP contribution is 2.12. The standard InChI is InChI=1S/C49H80O6/c1-4-7-10-13-16-19-21-22-23-24-25-26-28-30-33-36-39-42-48(51)54-45-46(44-53-47(50)41-38-35-32-29-18-15-12-9-6-3)55-49(52)43-40-37-34-31-27-20-17-14-11-8-5-2/h8-9,11-12,16-20,22-23,29,31,34,46H,4-7,10,13-15,21,24-28,30,32-33,35-45H2,1-3H3/b11-8-,12-9-,19-16-,20-17-,23-22-,29-18-,34-31-. The van der Waals surface area contributed by atoms with Crippen LogP contribution in [0.5, 0.6) is 0 Å². The number of carbonyl (C=O) groups excluding carboxylic acids is 3. The first-order valence-corrected chi connectivity index (χ1v) is 22.1. The molecule has 6 heteroatoms. The van der Waals surface area contributed by atoms with Crippen molar-refractivity contribution in [3.63, 3.8) is 0 Å². The van der Waals surface area contributed by atoms with E-state index in [-0.39, 0.29) is 37.5 Å². The summed E-state index contributed by atoms with van der Waals surface area (Å²) in [5, 5.41) is 0. The van der Waals surface area contributed by atoms with Crippen LogP contribution in [0.4, 0.5) is 0 Å². The number of hydrogen-bond donors (Lipinski definition) is 0. The molecule has 1 unspecified atom stereocenters. The van der Waals surface area contributed by atoms with E-state index >= 15 is 0 Å². The van der Waals surface area contributed by atoms with Crippen LogP contribution < -0.4 is 0 Å². The molecule has 312 valence electrons. The summed E-state index contributed by atoms with van der Waals surface area (Å²) in [6.07, 6.45) is 54.5. The first-order valence-electron chi connectivity index (χ1n) is 22.1. The summed E-state index contributed by atoms with van der Waals surface area (Å²) in [7, 11) is 0. The predicted octanol–water partition coefficient (Wildman–Crippen LogP) is 14.1. The second-order valence-corrected chi connectivity index (χ2v) is 14.2. The van der Waals surface area contributed by atoms with E-state index in [0.717, 1.165) is 89.9 Å². The Hall–Kier alpha value is -3.41. The summed E-state index contributed by atoms with van der Waals surface area (Å²) >= 11 is 0. The van der Waals surface area contributed by atoms with Crippen LogP contribution in [0.3, 0.4) is 0 Å². The zero-order valence-corrected chi connectivity index (χ0v) is 35.4. The third-order valence-corrected chi connectivity index (χ3v) is 8.86. The quantitative estimate of drug-likeness (QED) is 0.0270. The van der Waals surface area contributed by atoms with Crippen LogP contribution in [0, 0.1) is 0 Å². The van der Waals surface area contributed by atoms with E-state index in [1.165, 1.54) is 51.4 Å². The van der Waals surface area contributed by atoms with Gasteiger partial charge in [0.2, 0.25) is 0 Å². The zero-order chi connectivity index (χ0) is 40.1. The monoisotopic (exact) mass is 765 g/mol. The minimum absolute atomic E-state index is 0.113. The molecular weight excluding hydrogens is 685 g/mol. The lowest BCUT2D eigenvalue weighted by molar-refractivity contribution is -0.167. The van der Waals surface area contributed by atoms with Crippen LogP contribution in [-0.2, 0) is 28.6 Å². The normalized spacial score (nSPS) is 12.9. The van der Waals surface area contributed by atoms with Gasteiger partial charge in [0.25, 0.3) is 0 Å². The Morgan fingerprint density at radius 1 is 0.382 bits per heavy atom. The molecule has 6 nitrogen and oxygen atoms in total. The number of hydrogen-bond acceptors (Lipinski definition) is 6. The minimum atomic E-state index is -0.816. The van der Waals surface area contributed by atoms with Gasteiger partial charge in [-0.3, -0.25) is 14.4 Å². The van der Waals surface area contributed by atoms with Gasteiger partial charge in [0.15, 0.2) is 6.10 Å². The molecule has 0 aromatic rings. The number of rotatable bonds is 38. The van der Waals surface area contributed by atoms with Gasteiger partial charge in [-0.1, -0.05) is 151 Å². The van der Waals surface area contributed by atoms with Crippen LogP contribution in [0.15, 0.2) is 85.1 Å². The Labute approximate surface area is 337 Å².